The molecule has 0 bridgehead atoms. The fourth-order valence-electron chi connectivity index (χ4n) is 9.02. The van der Waals surface area contributed by atoms with Crippen LogP contribution in [0.3, 0.4) is 0 Å². The van der Waals surface area contributed by atoms with Gasteiger partial charge in [0, 0.05) is 6.42 Å². The minimum absolute atomic E-state index is 0.226. The van der Waals surface area contributed by atoms with Crippen LogP contribution in [-0.4, -0.2) is 193 Å². The van der Waals surface area contributed by atoms with Gasteiger partial charge in [-0.3, -0.25) is 4.79 Å². The van der Waals surface area contributed by atoms with Crippen LogP contribution in [0.5, 0.6) is 0 Å². The Bertz CT molecular complexity index is 1530. The molecule has 0 aliphatic carbocycles. The molecule has 17 atom stereocenters. The molecule has 19 heteroatoms. The maximum absolute atomic E-state index is 13.2. The molecule has 1 amide bonds. The van der Waals surface area contributed by atoms with Crippen molar-refractivity contribution in [1.29, 1.82) is 0 Å². The Labute approximate surface area is 433 Å². The lowest BCUT2D eigenvalue weighted by atomic mass is 9.96. The molecule has 3 aliphatic rings. The van der Waals surface area contributed by atoms with Gasteiger partial charge in [0.2, 0.25) is 5.91 Å². The van der Waals surface area contributed by atoms with E-state index in [1.54, 1.807) is 6.08 Å². The van der Waals surface area contributed by atoms with Gasteiger partial charge in [0.05, 0.1) is 38.6 Å². The molecule has 0 radical (unpaired) electrons. The molecule has 0 aromatic rings. The van der Waals surface area contributed by atoms with Crippen LogP contribution in [0, 0.1) is 0 Å². The Morgan fingerprint density at radius 3 is 1.44 bits per heavy atom. The summed E-state index contributed by atoms with van der Waals surface area (Å²) in [6.07, 6.45) is 12.6. The van der Waals surface area contributed by atoms with Crippen LogP contribution in [0.4, 0.5) is 0 Å². The highest BCUT2D eigenvalue weighted by atomic mass is 16.8. The summed E-state index contributed by atoms with van der Waals surface area (Å²) in [5.74, 6) is -0.294. The van der Waals surface area contributed by atoms with Gasteiger partial charge in [-0.1, -0.05) is 140 Å². The second-order valence-corrected chi connectivity index (χ2v) is 19.7. The lowest BCUT2D eigenvalue weighted by Gasteiger charge is -2.48. The van der Waals surface area contributed by atoms with E-state index >= 15 is 0 Å². The van der Waals surface area contributed by atoms with Gasteiger partial charge in [-0.05, 0) is 57.8 Å². The SMILES string of the molecule is CCCCC/C=C\C/C=C\C/C=C\CCCCCCCCC(=O)NC(COC1OC(CO)C(OC2OC(CO)C(OC3OC(CO)C(O)C(O)C3O)C(O)C2O)C(O)C1O)C(O)/C=C/CCCCCCCCC. The zero-order valence-corrected chi connectivity index (χ0v) is 43.6. The maximum Gasteiger partial charge on any atom is 0.220 e. The van der Waals surface area contributed by atoms with Gasteiger partial charge < -0.3 is 89.9 Å². The van der Waals surface area contributed by atoms with Crippen LogP contribution in [0.2, 0.25) is 0 Å². The monoisotopic (exact) mass is 1050 g/mol. The van der Waals surface area contributed by atoms with E-state index < -0.39 is 124 Å². The Hall–Kier alpha value is -2.25. The van der Waals surface area contributed by atoms with Gasteiger partial charge >= 0.3 is 0 Å². The van der Waals surface area contributed by atoms with E-state index in [2.05, 4.69) is 55.6 Å². The number of nitrogens with one attached hydrogen (secondary N) is 1. The molecule has 73 heavy (non-hydrogen) atoms. The Kier molecular flexibility index (Phi) is 34.1. The summed E-state index contributed by atoms with van der Waals surface area (Å²) in [4.78, 5) is 13.2. The number of unbranched alkanes of at least 4 members (excludes halogenated alkanes) is 16. The van der Waals surface area contributed by atoms with Crippen molar-refractivity contribution in [2.24, 2.45) is 0 Å². The number of rotatable bonds is 38. The zero-order chi connectivity index (χ0) is 53.4. The third-order valence-corrected chi connectivity index (χ3v) is 13.6. The van der Waals surface area contributed by atoms with Crippen molar-refractivity contribution in [1.82, 2.24) is 5.32 Å². The number of allylic oxidation sites excluding steroid dienone is 7. The van der Waals surface area contributed by atoms with E-state index in [9.17, 15) is 61.0 Å². The summed E-state index contributed by atoms with van der Waals surface area (Å²) in [5, 5.41) is 120. The molecule has 3 fully saturated rings. The van der Waals surface area contributed by atoms with Gasteiger partial charge in [-0.25, -0.2) is 0 Å². The average molecular weight is 1050 g/mol. The first kappa shape index (κ1) is 65.0. The van der Waals surface area contributed by atoms with Crippen LogP contribution in [0.1, 0.15) is 155 Å². The number of aliphatic hydroxyl groups is 11. The number of ether oxygens (including phenoxy) is 6. The molecule has 3 rings (SSSR count). The van der Waals surface area contributed by atoms with Crippen molar-refractivity contribution >= 4 is 5.91 Å². The van der Waals surface area contributed by atoms with Gasteiger partial charge in [0.25, 0.3) is 0 Å². The van der Waals surface area contributed by atoms with Crippen molar-refractivity contribution in [2.75, 3.05) is 26.4 Å². The number of hydrogen-bond donors (Lipinski definition) is 12. The predicted molar refractivity (Wildman–Crippen MR) is 272 cm³/mol. The highest BCUT2D eigenvalue weighted by Gasteiger charge is 2.53. The van der Waals surface area contributed by atoms with E-state index in [1.807, 2.05) is 6.08 Å². The van der Waals surface area contributed by atoms with Crippen molar-refractivity contribution < 1.29 is 89.4 Å². The summed E-state index contributed by atoms with van der Waals surface area (Å²) in [6.45, 7) is 1.61. The smallest absolute Gasteiger partial charge is 0.220 e. The average Bonchev–Trinajstić information content (AvgIpc) is 3.39. The minimum Gasteiger partial charge on any atom is -0.394 e. The molecule has 3 aliphatic heterocycles. The van der Waals surface area contributed by atoms with Crippen LogP contribution in [0.15, 0.2) is 48.6 Å². The predicted octanol–water partition coefficient (Wildman–Crippen LogP) is 3.14. The summed E-state index contributed by atoms with van der Waals surface area (Å²) in [6, 6.07) is -0.978. The molecule has 3 heterocycles. The number of hydrogen-bond acceptors (Lipinski definition) is 18. The summed E-state index contributed by atoms with van der Waals surface area (Å²) in [7, 11) is 0. The molecular formula is C54H95NO18. The summed E-state index contributed by atoms with van der Waals surface area (Å²) in [5.41, 5.74) is 0. The van der Waals surface area contributed by atoms with E-state index in [0.29, 0.717) is 6.42 Å². The van der Waals surface area contributed by atoms with E-state index in [0.717, 1.165) is 83.5 Å². The molecule has 0 spiro atoms. The first-order chi connectivity index (χ1) is 35.3. The normalized spacial score (nSPS) is 32.1. The van der Waals surface area contributed by atoms with Gasteiger partial charge in [-0.2, -0.15) is 0 Å². The topological polar surface area (TPSA) is 307 Å². The molecular weight excluding hydrogens is 951 g/mol. The van der Waals surface area contributed by atoms with Crippen molar-refractivity contribution in [3.63, 3.8) is 0 Å². The molecule has 0 saturated carbocycles. The molecule has 17 unspecified atom stereocenters. The third-order valence-electron chi connectivity index (χ3n) is 13.6. The Morgan fingerprint density at radius 2 is 0.904 bits per heavy atom. The highest BCUT2D eigenvalue weighted by Crippen LogP contribution is 2.33. The second-order valence-electron chi connectivity index (χ2n) is 19.7. The molecule has 0 aromatic heterocycles. The lowest BCUT2D eigenvalue weighted by Crippen LogP contribution is -2.66. The number of amides is 1. The van der Waals surface area contributed by atoms with Crippen molar-refractivity contribution in [3.8, 4) is 0 Å². The number of carbonyl (C=O) groups is 1. The molecule has 3 saturated heterocycles. The molecule has 0 aromatic carbocycles. The third kappa shape index (κ3) is 23.5. The first-order valence-electron chi connectivity index (χ1n) is 27.4. The number of aliphatic hydroxyl groups excluding tert-OH is 11. The van der Waals surface area contributed by atoms with Gasteiger partial charge in [-0.15, -0.1) is 0 Å². The zero-order valence-electron chi connectivity index (χ0n) is 43.6. The van der Waals surface area contributed by atoms with Crippen LogP contribution in [-0.2, 0) is 33.2 Å². The molecule has 424 valence electrons. The standard InChI is InChI=1S/C54H95NO18/c1-3-5-7-9-11-13-14-15-16-17-18-19-20-21-22-24-26-28-30-32-42(60)55-37(38(59)31-29-27-25-23-12-10-8-6-4-2)36-68-52-48(66)45(63)50(40(34-57)70-52)73-54-49(67)46(64)51(41(35-58)71-54)72-53-47(65)44(62)43(61)39(33-56)69-53/h11,13,15-16,18-19,29,31,37-41,43-54,56-59,61-67H,3-10,12,14,17,20-28,30,32-36H2,1-2H3,(H,55,60)/b13-11-,16-15-,19-18-,31-29+. The quantitative estimate of drug-likeness (QED) is 0.0312. The first-order valence-corrected chi connectivity index (χ1v) is 27.4. The van der Waals surface area contributed by atoms with E-state index in [1.165, 1.54) is 44.9 Å². The van der Waals surface area contributed by atoms with Crippen LogP contribution >= 0.6 is 0 Å². The number of carbonyl (C=O) groups excluding carboxylic acids is 1. The lowest BCUT2D eigenvalue weighted by molar-refractivity contribution is -0.379. The fraction of sp³-hybridized carbons (Fsp3) is 0.833. The summed E-state index contributed by atoms with van der Waals surface area (Å²) < 4.78 is 34.1. The summed E-state index contributed by atoms with van der Waals surface area (Å²) >= 11 is 0. The van der Waals surface area contributed by atoms with Crippen molar-refractivity contribution in [2.45, 2.75) is 259 Å². The molecule has 12 N–H and O–H groups in total. The maximum atomic E-state index is 13.2. The van der Waals surface area contributed by atoms with E-state index in [-0.39, 0.29) is 18.9 Å². The largest absolute Gasteiger partial charge is 0.394 e. The fourth-order valence-corrected chi connectivity index (χ4v) is 9.02. The van der Waals surface area contributed by atoms with Crippen LogP contribution < -0.4 is 5.32 Å². The highest BCUT2D eigenvalue weighted by molar-refractivity contribution is 5.76. The van der Waals surface area contributed by atoms with Gasteiger partial charge in [0.15, 0.2) is 18.9 Å². The van der Waals surface area contributed by atoms with E-state index in [4.69, 9.17) is 28.4 Å². The molecule has 19 nitrogen and oxygen atoms in total. The Morgan fingerprint density at radius 1 is 0.493 bits per heavy atom. The second kappa shape index (κ2) is 38.3. The van der Waals surface area contributed by atoms with Gasteiger partial charge in [0.1, 0.15) is 73.2 Å². The van der Waals surface area contributed by atoms with Crippen molar-refractivity contribution in [3.05, 3.63) is 48.6 Å². The minimum atomic E-state index is -1.98. The van der Waals surface area contributed by atoms with Crippen LogP contribution in [0.25, 0.3) is 0 Å². The Balaban J connectivity index is 1.51.